The maximum Gasteiger partial charge on any atom is 0.255 e. The van der Waals surface area contributed by atoms with Crippen molar-refractivity contribution in [2.45, 2.75) is 31.2 Å². The number of halogens is 1. The van der Waals surface area contributed by atoms with Gasteiger partial charge in [0.1, 0.15) is 5.82 Å². The second kappa shape index (κ2) is 9.07. The van der Waals surface area contributed by atoms with Gasteiger partial charge in [-0.25, -0.2) is 17.5 Å². The summed E-state index contributed by atoms with van der Waals surface area (Å²) in [5.41, 5.74) is 1.02. The number of ether oxygens (including phenoxy) is 1. The molecule has 1 unspecified atom stereocenters. The summed E-state index contributed by atoms with van der Waals surface area (Å²) in [4.78, 5) is 12.4. The van der Waals surface area contributed by atoms with Crippen molar-refractivity contribution in [2.75, 3.05) is 19.0 Å². The van der Waals surface area contributed by atoms with Crippen LogP contribution >= 0.6 is 0 Å². The van der Waals surface area contributed by atoms with Crippen molar-refractivity contribution in [3.8, 4) is 0 Å². The minimum atomic E-state index is -3.77. The number of amides is 1. The topological polar surface area (TPSA) is 84.5 Å². The Kier molecular flexibility index (Phi) is 7.06. The van der Waals surface area contributed by atoms with Gasteiger partial charge in [-0.1, -0.05) is 6.07 Å². The maximum atomic E-state index is 13.3. The monoisotopic (exact) mass is 394 g/mol. The summed E-state index contributed by atoms with van der Waals surface area (Å²) in [5.74, 6) is -0.847. The van der Waals surface area contributed by atoms with Crippen LogP contribution in [0, 0.1) is 12.7 Å². The molecule has 2 N–H and O–H groups in total. The molecule has 0 spiro atoms. The Labute approximate surface area is 158 Å². The van der Waals surface area contributed by atoms with E-state index in [-0.39, 0.29) is 22.3 Å². The molecule has 0 aromatic heterocycles. The molecule has 0 aliphatic heterocycles. The highest BCUT2D eigenvalue weighted by Crippen LogP contribution is 2.17. The molecule has 0 saturated heterocycles. The quantitative estimate of drug-likeness (QED) is 0.721. The number of sulfonamides is 1. The molecule has 6 nitrogen and oxygen atoms in total. The Morgan fingerprint density at radius 1 is 1.22 bits per heavy atom. The molecule has 8 heteroatoms. The first-order valence-corrected chi connectivity index (χ1v) is 9.90. The van der Waals surface area contributed by atoms with Crippen LogP contribution in [0.1, 0.15) is 29.3 Å². The van der Waals surface area contributed by atoms with Gasteiger partial charge in [0.25, 0.3) is 5.91 Å². The van der Waals surface area contributed by atoms with Crippen molar-refractivity contribution in [1.29, 1.82) is 0 Å². The Morgan fingerprint density at radius 2 is 1.96 bits per heavy atom. The average Bonchev–Trinajstić information content (AvgIpc) is 2.63. The lowest BCUT2D eigenvalue weighted by Gasteiger charge is -2.14. The summed E-state index contributed by atoms with van der Waals surface area (Å²) < 4.78 is 45.8. The molecule has 1 amide bonds. The van der Waals surface area contributed by atoms with E-state index in [1.54, 1.807) is 21.0 Å². The van der Waals surface area contributed by atoms with E-state index in [1.165, 1.54) is 42.5 Å². The molecule has 27 heavy (non-hydrogen) atoms. The summed E-state index contributed by atoms with van der Waals surface area (Å²) in [7, 11) is -2.22. The number of aryl methyl sites for hydroxylation is 1. The molecular weight excluding hydrogens is 371 g/mol. The SMILES string of the molecule is COCCC(C)NS(=O)(=O)c1cccc(C(=O)Nc2ccc(F)c(C)c2)c1. The Balaban J connectivity index is 2.15. The smallest absolute Gasteiger partial charge is 0.255 e. The third kappa shape index (κ3) is 5.85. The summed E-state index contributed by atoms with van der Waals surface area (Å²) in [6.07, 6.45) is 0.528. The van der Waals surface area contributed by atoms with Gasteiger partial charge in [-0.3, -0.25) is 4.79 Å². The van der Waals surface area contributed by atoms with Crippen molar-refractivity contribution < 1.29 is 22.3 Å². The maximum absolute atomic E-state index is 13.3. The highest BCUT2D eigenvalue weighted by molar-refractivity contribution is 7.89. The van der Waals surface area contributed by atoms with Gasteiger partial charge >= 0.3 is 0 Å². The zero-order chi connectivity index (χ0) is 20.0. The molecule has 0 aliphatic rings. The van der Waals surface area contributed by atoms with Crippen molar-refractivity contribution in [2.24, 2.45) is 0 Å². The molecule has 0 radical (unpaired) electrons. The largest absolute Gasteiger partial charge is 0.385 e. The molecule has 146 valence electrons. The highest BCUT2D eigenvalue weighted by Gasteiger charge is 2.19. The van der Waals surface area contributed by atoms with Gasteiger partial charge in [0.05, 0.1) is 4.90 Å². The standard InChI is InChI=1S/C19H23FN2O4S/c1-13-11-16(7-8-18(13)20)21-19(23)15-5-4-6-17(12-15)27(24,25)22-14(2)9-10-26-3/h4-8,11-12,14,22H,9-10H2,1-3H3,(H,21,23). The van der Waals surface area contributed by atoms with E-state index in [1.807, 2.05) is 0 Å². The Morgan fingerprint density at radius 3 is 2.63 bits per heavy atom. The summed E-state index contributed by atoms with van der Waals surface area (Å²) in [6.45, 7) is 3.77. The zero-order valence-electron chi connectivity index (χ0n) is 15.5. The molecule has 2 aromatic rings. The Hall–Kier alpha value is -2.29. The summed E-state index contributed by atoms with van der Waals surface area (Å²) in [6, 6.07) is 9.64. The third-order valence-corrected chi connectivity index (χ3v) is 5.52. The van der Waals surface area contributed by atoms with Gasteiger partial charge in [0, 0.05) is 31.0 Å². The molecule has 0 saturated carbocycles. The van der Waals surface area contributed by atoms with Crippen LogP contribution in [0.4, 0.5) is 10.1 Å². The van der Waals surface area contributed by atoms with Crippen LogP contribution in [-0.2, 0) is 14.8 Å². The van der Waals surface area contributed by atoms with Gasteiger partial charge in [-0.05, 0) is 62.2 Å². The number of benzene rings is 2. The lowest BCUT2D eigenvalue weighted by Crippen LogP contribution is -2.33. The number of methoxy groups -OCH3 is 1. The molecule has 0 bridgehead atoms. The van der Waals surface area contributed by atoms with E-state index >= 15 is 0 Å². The van der Waals surface area contributed by atoms with Gasteiger partial charge in [0.15, 0.2) is 0 Å². The summed E-state index contributed by atoms with van der Waals surface area (Å²) in [5, 5.41) is 2.64. The zero-order valence-corrected chi connectivity index (χ0v) is 16.3. The number of hydrogen-bond acceptors (Lipinski definition) is 4. The lowest BCUT2D eigenvalue weighted by atomic mass is 10.2. The van der Waals surface area contributed by atoms with Crippen LogP contribution in [0.5, 0.6) is 0 Å². The number of carbonyl (C=O) groups excluding carboxylic acids is 1. The van der Waals surface area contributed by atoms with E-state index < -0.39 is 15.9 Å². The molecule has 1 atom stereocenters. The van der Waals surface area contributed by atoms with Crippen LogP contribution in [0.25, 0.3) is 0 Å². The predicted octanol–water partition coefficient (Wildman–Crippen LogP) is 3.09. The van der Waals surface area contributed by atoms with Gasteiger partial charge in [-0.2, -0.15) is 0 Å². The molecule has 0 aliphatic carbocycles. The predicted molar refractivity (Wildman–Crippen MR) is 102 cm³/mol. The van der Waals surface area contributed by atoms with Crippen molar-refractivity contribution >= 4 is 21.6 Å². The van der Waals surface area contributed by atoms with Crippen LogP contribution in [0.2, 0.25) is 0 Å². The number of hydrogen-bond donors (Lipinski definition) is 2. The number of nitrogens with one attached hydrogen (secondary N) is 2. The Bertz CT molecular complexity index is 916. The van der Waals surface area contributed by atoms with E-state index in [2.05, 4.69) is 10.0 Å². The first-order chi connectivity index (χ1) is 12.7. The fourth-order valence-electron chi connectivity index (χ4n) is 2.42. The molecule has 2 rings (SSSR count). The van der Waals surface area contributed by atoms with Crippen molar-refractivity contribution in [3.63, 3.8) is 0 Å². The second-order valence-electron chi connectivity index (χ2n) is 6.25. The number of rotatable bonds is 8. The fourth-order valence-corrected chi connectivity index (χ4v) is 3.74. The fraction of sp³-hybridized carbons (Fsp3) is 0.316. The normalized spacial score (nSPS) is 12.6. The molecule has 0 heterocycles. The second-order valence-corrected chi connectivity index (χ2v) is 7.96. The van der Waals surface area contributed by atoms with Crippen LogP contribution in [0.3, 0.4) is 0 Å². The van der Waals surface area contributed by atoms with E-state index in [4.69, 9.17) is 4.74 Å². The van der Waals surface area contributed by atoms with E-state index in [9.17, 15) is 17.6 Å². The molecular formula is C19H23FN2O4S. The van der Waals surface area contributed by atoms with Crippen LogP contribution < -0.4 is 10.0 Å². The minimum absolute atomic E-state index is 0.00490. The van der Waals surface area contributed by atoms with Crippen molar-refractivity contribution in [3.05, 3.63) is 59.4 Å². The van der Waals surface area contributed by atoms with Gasteiger partial charge in [0.2, 0.25) is 10.0 Å². The van der Waals surface area contributed by atoms with E-state index in [0.717, 1.165) is 0 Å². The minimum Gasteiger partial charge on any atom is -0.385 e. The molecule has 2 aromatic carbocycles. The van der Waals surface area contributed by atoms with Crippen LogP contribution in [-0.4, -0.2) is 34.1 Å². The van der Waals surface area contributed by atoms with Gasteiger partial charge < -0.3 is 10.1 Å². The molecule has 0 fully saturated rings. The van der Waals surface area contributed by atoms with E-state index in [0.29, 0.717) is 24.3 Å². The first kappa shape index (κ1) is 21.0. The number of anilines is 1. The lowest BCUT2D eigenvalue weighted by molar-refractivity contribution is 0.102. The van der Waals surface area contributed by atoms with Crippen LogP contribution in [0.15, 0.2) is 47.4 Å². The van der Waals surface area contributed by atoms with Gasteiger partial charge in [-0.15, -0.1) is 0 Å². The number of carbonyl (C=O) groups is 1. The third-order valence-electron chi connectivity index (χ3n) is 3.93. The highest BCUT2D eigenvalue weighted by atomic mass is 32.2. The first-order valence-electron chi connectivity index (χ1n) is 8.42. The average molecular weight is 394 g/mol. The van der Waals surface area contributed by atoms with Crippen molar-refractivity contribution in [1.82, 2.24) is 4.72 Å². The summed E-state index contributed by atoms with van der Waals surface area (Å²) >= 11 is 0.